The molecule has 0 bridgehead atoms. The molecule has 1 N–H and O–H groups in total. The van der Waals surface area contributed by atoms with Crippen LogP contribution < -0.4 is 4.74 Å². The molecular weight excluding hydrogens is 370 g/mol. The fourth-order valence-electron chi connectivity index (χ4n) is 2.98. The highest BCUT2D eigenvalue weighted by Crippen LogP contribution is 2.27. The number of aliphatic hydroxyl groups is 1. The molecule has 1 heterocycles. The number of aliphatic hydroxyl groups excluding tert-OH is 1. The van der Waals surface area contributed by atoms with Gasteiger partial charge < -0.3 is 14.4 Å². The largest absolute Gasteiger partial charge is 0.491 e. The van der Waals surface area contributed by atoms with E-state index in [-0.39, 0.29) is 6.61 Å². The minimum atomic E-state index is -0.590. The van der Waals surface area contributed by atoms with Gasteiger partial charge in [0.25, 0.3) is 0 Å². The zero-order chi connectivity index (χ0) is 19.9. The van der Waals surface area contributed by atoms with Crippen molar-refractivity contribution in [1.82, 2.24) is 14.8 Å². The van der Waals surface area contributed by atoms with Gasteiger partial charge in [-0.2, -0.15) is 0 Å². The Morgan fingerprint density at radius 1 is 1.04 bits per heavy atom. The maximum Gasteiger partial charge on any atom is 0.191 e. The number of para-hydroxylation sites is 1. The van der Waals surface area contributed by atoms with Gasteiger partial charge in [0.1, 0.15) is 12.4 Å². The van der Waals surface area contributed by atoms with E-state index < -0.39 is 6.10 Å². The lowest BCUT2D eigenvalue weighted by Gasteiger charge is -2.16. The monoisotopic (exact) mass is 397 g/mol. The van der Waals surface area contributed by atoms with Crippen LogP contribution in [-0.2, 0) is 6.54 Å². The number of thioether (sulfide) groups is 1. The lowest BCUT2D eigenvalue weighted by molar-refractivity contribution is 0.125. The Morgan fingerprint density at radius 3 is 2.46 bits per heavy atom. The number of aromatic nitrogens is 3. The van der Waals surface area contributed by atoms with E-state index in [9.17, 15) is 5.11 Å². The molecule has 0 saturated heterocycles. The summed E-state index contributed by atoms with van der Waals surface area (Å²) in [6, 6.07) is 18.0. The predicted octanol–water partition coefficient (Wildman–Crippen LogP) is 4.62. The van der Waals surface area contributed by atoms with Gasteiger partial charge in [-0.15, -0.1) is 10.2 Å². The number of ether oxygens (including phenoxy) is 1. The van der Waals surface area contributed by atoms with Crippen LogP contribution in [-0.4, -0.2) is 38.3 Å². The van der Waals surface area contributed by atoms with Gasteiger partial charge in [-0.1, -0.05) is 74.1 Å². The van der Waals surface area contributed by atoms with Gasteiger partial charge in [0.15, 0.2) is 11.0 Å². The van der Waals surface area contributed by atoms with Crippen LogP contribution >= 0.6 is 11.8 Å². The molecule has 3 rings (SSSR count). The standard InChI is InChI=1S/C22H27N3O2S/c1-4-25-21(17-10-6-5-7-11-17)23-24-22(25)28-15-18(26)14-27-20-13-9-8-12-19(20)16(2)3/h5-13,16,18,26H,4,14-15H2,1-3H3/t18-/m0/s1. The van der Waals surface area contributed by atoms with Gasteiger partial charge in [0, 0.05) is 17.9 Å². The lowest BCUT2D eigenvalue weighted by atomic mass is 10.0. The number of hydrogen-bond donors (Lipinski definition) is 1. The second kappa shape index (κ2) is 9.75. The van der Waals surface area contributed by atoms with E-state index in [2.05, 4.69) is 41.6 Å². The van der Waals surface area contributed by atoms with Crippen LogP contribution in [0.25, 0.3) is 11.4 Å². The topological polar surface area (TPSA) is 60.2 Å². The Bertz CT molecular complexity index is 880. The molecule has 28 heavy (non-hydrogen) atoms. The van der Waals surface area contributed by atoms with Gasteiger partial charge in [0.05, 0.1) is 6.10 Å². The fraction of sp³-hybridized carbons (Fsp3) is 0.364. The lowest BCUT2D eigenvalue weighted by Crippen LogP contribution is -2.21. The highest BCUT2D eigenvalue weighted by atomic mass is 32.2. The molecule has 0 radical (unpaired) electrons. The number of nitrogens with zero attached hydrogens (tertiary/aromatic N) is 3. The van der Waals surface area contributed by atoms with Crippen molar-refractivity contribution in [2.45, 2.75) is 44.5 Å². The SMILES string of the molecule is CCn1c(SC[C@@H](O)COc2ccccc2C(C)C)nnc1-c1ccccc1. The quantitative estimate of drug-likeness (QED) is 0.534. The van der Waals surface area contributed by atoms with E-state index in [1.165, 1.54) is 11.8 Å². The molecule has 0 aliphatic heterocycles. The normalized spacial score (nSPS) is 12.3. The van der Waals surface area contributed by atoms with Gasteiger partial charge in [-0.05, 0) is 24.5 Å². The minimum absolute atomic E-state index is 0.253. The maximum absolute atomic E-state index is 10.4. The van der Waals surface area contributed by atoms with Crippen LogP contribution in [0.15, 0.2) is 59.8 Å². The Labute approximate surface area is 170 Å². The van der Waals surface area contributed by atoms with Crippen molar-refractivity contribution >= 4 is 11.8 Å². The van der Waals surface area contributed by atoms with Gasteiger partial charge in [-0.3, -0.25) is 0 Å². The molecule has 3 aromatic rings. The van der Waals surface area contributed by atoms with E-state index in [1.54, 1.807) is 0 Å². The summed E-state index contributed by atoms with van der Waals surface area (Å²) in [7, 11) is 0. The number of hydrogen-bond acceptors (Lipinski definition) is 5. The summed E-state index contributed by atoms with van der Waals surface area (Å²) in [5.74, 6) is 2.56. The van der Waals surface area contributed by atoms with E-state index >= 15 is 0 Å². The van der Waals surface area contributed by atoms with E-state index in [1.807, 2.05) is 48.5 Å². The summed E-state index contributed by atoms with van der Waals surface area (Å²) in [5, 5.41) is 19.8. The average Bonchev–Trinajstić information content (AvgIpc) is 3.14. The molecule has 0 fully saturated rings. The summed E-state index contributed by atoms with van der Waals surface area (Å²) in [6.07, 6.45) is -0.590. The first-order valence-corrected chi connectivity index (χ1v) is 10.6. The molecule has 0 unspecified atom stereocenters. The van der Waals surface area contributed by atoms with Crippen molar-refractivity contribution in [3.8, 4) is 17.1 Å². The Hall–Kier alpha value is -2.31. The third-order valence-electron chi connectivity index (χ3n) is 4.44. The van der Waals surface area contributed by atoms with Crippen LogP contribution in [0.1, 0.15) is 32.3 Å². The molecule has 1 atom stereocenters. The van der Waals surface area contributed by atoms with Crippen LogP contribution in [0.5, 0.6) is 5.75 Å². The summed E-state index contributed by atoms with van der Waals surface area (Å²) in [6.45, 7) is 7.37. The number of benzene rings is 2. The van der Waals surface area contributed by atoms with Gasteiger partial charge in [-0.25, -0.2) is 0 Å². The third kappa shape index (κ3) is 4.94. The predicted molar refractivity (Wildman–Crippen MR) is 114 cm³/mol. The van der Waals surface area contributed by atoms with E-state index in [0.717, 1.165) is 34.4 Å². The van der Waals surface area contributed by atoms with E-state index in [0.29, 0.717) is 11.7 Å². The summed E-state index contributed by atoms with van der Waals surface area (Å²) in [4.78, 5) is 0. The van der Waals surface area contributed by atoms with Gasteiger partial charge in [0.2, 0.25) is 0 Å². The molecular formula is C22H27N3O2S. The van der Waals surface area contributed by atoms with Crippen molar-refractivity contribution < 1.29 is 9.84 Å². The zero-order valence-electron chi connectivity index (χ0n) is 16.6. The van der Waals surface area contributed by atoms with Crippen molar-refractivity contribution in [2.24, 2.45) is 0 Å². The Morgan fingerprint density at radius 2 is 1.75 bits per heavy atom. The molecule has 0 aliphatic carbocycles. The Kier molecular flexibility index (Phi) is 7.12. The van der Waals surface area contributed by atoms with Crippen molar-refractivity contribution in [3.05, 3.63) is 60.2 Å². The first-order chi connectivity index (χ1) is 13.6. The minimum Gasteiger partial charge on any atom is -0.491 e. The van der Waals surface area contributed by atoms with Crippen molar-refractivity contribution in [1.29, 1.82) is 0 Å². The molecule has 0 amide bonds. The van der Waals surface area contributed by atoms with Crippen LogP contribution in [0.3, 0.4) is 0 Å². The first-order valence-electron chi connectivity index (χ1n) is 9.61. The third-order valence-corrected chi connectivity index (χ3v) is 5.55. The average molecular weight is 398 g/mol. The Balaban J connectivity index is 1.60. The van der Waals surface area contributed by atoms with Crippen LogP contribution in [0.2, 0.25) is 0 Å². The highest BCUT2D eigenvalue weighted by molar-refractivity contribution is 7.99. The fourth-order valence-corrected chi connectivity index (χ4v) is 3.88. The summed E-state index contributed by atoms with van der Waals surface area (Å²) >= 11 is 1.50. The summed E-state index contributed by atoms with van der Waals surface area (Å²) < 4.78 is 7.94. The summed E-state index contributed by atoms with van der Waals surface area (Å²) in [5.41, 5.74) is 2.19. The smallest absolute Gasteiger partial charge is 0.191 e. The molecule has 2 aromatic carbocycles. The first kappa shape index (κ1) is 20.4. The number of rotatable bonds is 9. The molecule has 6 heteroatoms. The van der Waals surface area contributed by atoms with Crippen molar-refractivity contribution in [3.63, 3.8) is 0 Å². The van der Waals surface area contributed by atoms with Gasteiger partial charge >= 0.3 is 0 Å². The van der Waals surface area contributed by atoms with Crippen LogP contribution in [0, 0.1) is 0 Å². The van der Waals surface area contributed by atoms with Crippen molar-refractivity contribution in [2.75, 3.05) is 12.4 Å². The second-order valence-corrected chi connectivity index (χ2v) is 7.87. The van der Waals surface area contributed by atoms with Crippen LogP contribution in [0.4, 0.5) is 0 Å². The zero-order valence-corrected chi connectivity index (χ0v) is 17.4. The van der Waals surface area contributed by atoms with E-state index in [4.69, 9.17) is 4.74 Å². The highest BCUT2D eigenvalue weighted by Gasteiger charge is 2.16. The molecule has 0 saturated carbocycles. The molecule has 148 valence electrons. The molecule has 1 aromatic heterocycles. The molecule has 0 spiro atoms. The molecule has 5 nitrogen and oxygen atoms in total. The second-order valence-electron chi connectivity index (χ2n) is 6.88. The maximum atomic E-state index is 10.4. The molecule has 0 aliphatic rings.